The van der Waals surface area contributed by atoms with Crippen molar-refractivity contribution in [3.8, 4) is 5.69 Å². The molecule has 0 spiro atoms. The Bertz CT molecular complexity index is 734. The fourth-order valence-electron chi connectivity index (χ4n) is 1.98. The number of hydrogen-bond acceptors (Lipinski definition) is 2. The first-order valence-electron chi connectivity index (χ1n) is 6.09. The molecule has 0 bridgehead atoms. The van der Waals surface area contributed by atoms with Gasteiger partial charge in [0.25, 0.3) is 0 Å². The summed E-state index contributed by atoms with van der Waals surface area (Å²) in [6.45, 7) is 3.69. The van der Waals surface area contributed by atoms with E-state index in [1.54, 1.807) is 23.8 Å². The lowest BCUT2D eigenvalue weighted by Gasteiger charge is -2.13. The predicted octanol–water partition coefficient (Wildman–Crippen LogP) is 2.73. The number of aromatic nitrogens is 1. The largest absolute Gasteiger partial charge is 0.481 e. The van der Waals surface area contributed by atoms with Gasteiger partial charge in [-0.15, -0.1) is 0 Å². The molecule has 0 fully saturated rings. The minimum absolute atomic E-state index is 0.250. The van der Waals surface area contributed by atoms with Crippen LogP contribution in [-0.2, 0) is 11.2 Å². The predicted molar refractivity (Wildman–Crippen MR) is 77.9 cm³/mol. The minimum Gasteiger partial charge on any atom is -0.481 e. The summed E-state index contributed by atoms with van der Waals surface area (Å²) >= 11 is 6.10. The van der Waals surface area contributed by atoms with Crippen molar-refractivity contribution in [3.63, 3.8) is 0 Å². The number of carboxylic acids is 1. The van der Waals surface area contributed by atoms with Gasteiger partial charge in [-0.1, -0.05) is 17.7 Å². The highest BCUT2D eigenvalue weighted by Crippen LogP contribution is 2.20. The summed E-state index contributed by atoms with van der Waals surface area (Å²) in [4.78, 5) is 22.6. The van der Waals surface area contributed by atoms with Crippen LogP contribution in [0.25, 0.3) is 5.69 Å². The Hall–Kier alpha value is -2.07. The standard InChI is InChI=1S/C15H14ClNO3/c1-9-3-4-12(7-13(9)16)17-8-11(6-15(19)20)14(18)5-10(17)2/h3-5,7-8H,6H2,1-2H3,(H,19,20). The van der Waals surface area contributed by atoms with E-state index in [4.69, 9.17) is 16.7 Å². The maximum absolute atomic E-state index is 11.8. The van der Waals surface area contributed by atoms with Crippen LogP contribution in [0.5, 0.6) is 0 Å². The van der Waals surface area contributed by atoms with Gasteiger partial charge in [0, 0.05) is 34.2 Å². The van der Waals surface area contributed by atoms with Crippen LogP contribution in [-0.4, -0.2) is 15.6 Å². The van der Waals surface area contributed by atoms with Crippen LogP contribution < -0.4 is 5.43 Å². The van der Waals surface area contributed by atoms with Crippen molar-refractivity contribution in [1.29, 1.82) is 0 Å². The molecule has 5 heteroatoms. The molecule has 0 unspecified atom stereocenters. The topological polar surface area (TPSA) is 59.3 Å². The summed E-state index contributed by atoms with van der Waals surface area (Å²) in [5, 5.41) is 9.46. The highest BCUT2D eigenvalue weighted by molar-refractivity contribution is 6.31. The maximum Gasteiger partial charge on any atom is 0.308 e. The number of carboxylic acid groups (broad SMARTS) is 1. The third-order valence-electron chi connectivity index (χ3n) is 3.10. The third-order valence-corrected chi connectivity index (χ3v) is 3.50. The Morgan fingerprint density at radius 2 is 2.00 bits per heavy atom. The van der Waals surface area contributed by atoms with Gasteiger partial charge in [0.2, 0.25) is 0 Å². The molecule has 0 aliphatic heterocycles. The summed E-state index contributed by atoms with van der Waals surface area (Å²) in [6.07, 6.45) is 1.27. The lowest BCUT2D eigenvalue weighted by atomic mass is 10.1. The fraction of sp³-hybridized carbons (Fsp3) is 0.200. The summed E-state index contributed by atoms with van der Waals surface area (Å²) in [7, 11) is 0. The SMILES string of the molecule is Cc1ccc(-n2cc(CC(=O)O)c(=O)cc2C)cc1Cl. The van der Waals surface area contributed by atoms with E-state index < -0.39 is 5.97 Å². The van der Waals surface area contributed by atoms with Crippen LogP contribution in [0.1, 0.15) is 16.8 Å². The molecule has 0 saturated carbocycles. The van der Waals surface area contributed by atoms with Crippen LogP contribution in [0.3, 0.4) is 0 Å². The zero-order chi connectivity index (χ0) is 14.9. The van der Waals surface area contributed by atoms with Gasteiger partial charge in [-0.2, -0.15) is 0 Å². The second-order valence-corrected chi connectivity index (χ2v) is 5.09. The van der Waals surface area contributed by atoms with E-state index in [0.717, 1.165) is 16.9 Å². The highest BCUT2D eigenvalue weighted by atomic mass is 35.5. The molecule has 1 aromatic carbocycles. The number of halogens is 1. The molecule has 1 aromatic heterocycles. The molecule has 0 atom stereocenters. The van der Waals surface area contributed by atoms with E-state index >= 15 is 0 Å². The summed E-state index contributed by atoms with van der Waals surface area (Å²) in [6, 6.07) is 6.99. The lowest BCUT2D eigenvalue weighted by molar-refractivity contribution is -0.136. The van der Waals surface area contributed by atoms with Gasteiger partial charge in [-0.25, -0.2) is 0 Å². The second kappa shape index (κ2) is 5.51. The van der Waals surface area contributed by atoms with E-state index in [-0.39, 0.29) is 17.4 Å². The molecule has 0 aliphatic carbocycles. The van der Waals surface area contributed by atoms with Crippen molar-refractivity contribution in [3.05, 3.63) is 62.5 Å². The van der Waals surface area contributed by atoms with Crippen molar-refractivity contribution in [2.45, 2.75) is 20.3 Å². The monoisotopic (exact) mass is 291 g/mol. The average molecular weight is 292 g/mol. The van der Waals surface area contributed by atoms with Crippen LogP contribution in [0, 0.1) is 13.8 Å². The van der Waals surface area contributed by atoms with Gasteiger partial charge in [-0.3, -0.25) is 9.59 Å². The third kappa shape index (κ3) is 2.91. The number of carbonyl (C=O) groups is 1. The molecular weight excluding hydrogens is 278 g/mol. The number of pyridine rings is 1. The molecule has 0 saturated heterocycles. The van der Waals surface area contributed by atoms with Gasteiger partial charge in [0.15, 0.2) is 5.43 Å². The molecule has 0 aliphatic rings. The Labute approximate surface area is 121 Å². The summed E-state index contributed by atoms with van der Waals surface area (Å²) in [5.41, 5.74) is 2.47. The molecule has 0 amide bonds. The quantitative estimate of drug-likeness (QED) is 0.946. The molecule has 104 valence electrons. The first-order chi connectivity index (χ1) is 9.38. The van der Waals surface area contributed by atoms with E-state index in [0.29, 0.717) is 5.02 Å². The summed E-state index contributed by atoms with van der Waals surface area (Å²) < 4.78 is 1.77. The molecule has 0 radical (unpaired) electrons. The second-order valence-electron chi connectivity index (χ2n) is 4.68. The van der Waals surface area contributed by atoms with Gasteiger partial charge in [-0.05, 0) is 31.5 Å². The zero-order valence-electron chi connectivity index (χ0n) is 11.2. The van der Waals surface area contributed by atoms with Gasteiger partial charge in [0.1, 0.15) is 0 Å². The first-order valence-corrected chi connectivity index (χ1v) is 6.47. The average Bonchev–Trinajstić information content (AvgIpc) is 2.36. The molecular formula is C15H14ClNO3. The van der Waals surface area contributed by atoms with Gasteiger partial charge < -0.3 is 9.67 Å². The zero-order valence-corrected chi connectivity index (χ0v) is 11.9. The molecule has 4 nitrogen and oxygen atoms in total. The minimum atomic E-state index is -1.03. The number of rotatable bonds is 3. The van der Waals surface area contributed by atoms with Crippen LogP contribution >= 0.6 is 11.6 Å². The van der Waals surface area contributed by atoms with Crippen molar-refractivity contribution in [2.24, 2.45) is 0 Å². The van der Waals surface area contributed by atoms with Crippen molar-refractivity contribution in [1.82, 2.24) is 4.57 Å². The Morgan fingerprint density at radius 1 is 1.30 bits per heavy atom. The van der Waals surface area contributed by atoms with E-state index in [1.807, 2.05) is 19.1 Å². The van der Waals surface area contributed by atoms with Gasteiger partial charge in [0.05, 0.1) is 6.42 Å². The molecule has 1 heterocycles. The van der Waals surface area contributed by atoms with E-state index in [1.165, 1.54) is 6.07 Å². The summed E-state index contributed by atoms with van der Waals surface area (Å²) in [5.74, 6) is -1.03. The van der Waals surface area contributed by atoms with E-state index in [2.05, 4.69) is 0 Å². The molecule has 20 heavy (non-hydrogen) atoms. The smallest absolute Gasteiger partial charge is 0.308 e. The van der Waals surface area contributed by atoms with E-state index in [9.17, 15) is 9.59 Å². The van der Waals surface area contributed by atoms with Crippen molar-refractivity contribution in [2.75, 3.05) is 0 Å². The normalized spacial score (nSPS) is 10.6. The number of aryl methyl sites for hydroxylation is 2. The highest BCUT2D eigenvalue weighted by Gasteiger charge is 2.09. The first kappa shape index (κ1) is 14.3. The Morgan fingerprint density at radius 3 is 2.60 bits per heavy atom. The lowest BCUT2D eigenvalue weighted by Crippen LogP contribution is -2.17. The Kier molecular flexibility index (Phi) is 3.95. The molecule has 2 aromatic rings. The fourth-order valence-corrected chi connectivity index (χ4v) is 2.15. The number of hydrogen-bond donors (Lipinski definition) is 1. The Balaban J connectivity index is 2.58. The number of benzene rings is 1. The van der Waals surface area contributed by atoms with Gasteiger partial charge >= 0.3 is 5.97 Å². The van der Waals surface area contributed by atoms with Crippen molar-refractivity contribution >= 4 is 17.6 Å². The molecule has 2 rings (SSSR count). The van der Waals surface area contributed by atoms with Crippen LogP contribution in [0.4, 0.5) is 0 Å². The van der Waals surface area contributed by atoms with Crippen molar-refractivity contribution < 1.29 is 9.90 Å². The number of aliphatic carboxylic acids is 1. The van der Waals surface area contributed by atoms with Crippen LogP contribution in [0.15, 0.2) is 35.3 Å². The number of nitrogens with zero attached hydrogens (tertiary/aromatic N) is 1. The maximum atomic E-state index is 11.8. The van der Waals surface area contributed by atoms with Crippen LogP contribution in [0.2, 0.25) is 5.02 Å². The molecule has 1 N–H and O–H groups in total.